The number of nitro benzene ring substituents is 1. The van der Waals surface area contributed by atoms with Crippen LogP contribution >= 0.6 is 0 Å². The number of non-ortho nitro benzene ring substituents is 1. The van der Waals surface area contributed by atoms with Gasteiger partial charge < -0.3 is 5.11 Å². The van der Waals surface area contributed by atoms with Crippen LogP contribution in [0.5, 0.6) is 0 Å². The molecule has 0 heterocycles. The SMILES string of the molecule is O=C(O)CCCN(c1cccc(F)c1)S(=O)(=O)c1cccc([N+](=O)[O-])c1. The molecule has 0 atom stereocenters. The topological polar surface area (TPSA) is 118 Å². The minimum absolute atomic E-state index is 0.00175. The smallest absolute Gasteiger partial charge is 0.303 e. The van der Waals surface area contributed by atoms with Crippen molar-refractivity contribution in [3.05, 3.63) is 64.5 Å². The zero-order chi connectivity index (χ0) is 19.3. The van der Waals surface area contributed by atoms with Crippen molar-refractivity contribution in [1.29, 1.82) is 0 Å². The van der Waals surface area contributed by atoms with E-state index in [2.05, 4.69) is 0 Å². The monoisotopic (exact) mass is 382 g/mol. The van der Waals surface area contributed by atoms with E-state index in [1.165, 1.54) is 24.3 Å². The number of halogens is 1. The van der Waals surface area contributed by atoms with Crippen LogP contribution in [0, 0.1) is 15.9 Å². The normalized spacial score (nSPS) is 11.1. The van der Waals surface area contributed by atoms with Gasteiger partial charge in [0.25, 0.3) is 15.7 Å². The molecule has 0 aliphatic carbocycles. The number of carboxylic acid groups (broad SMARTS) is 1. The van der Waals surface area contributed by atoms with Gasteiger partial charge in [-0.25, -0.2) is 12.8 Å². The number of carboxylic acids is 1. The van der Waals surface area contributed by atoms with E-state index in [1.54, 1.807) is 0 Å². The van der Waals surface area contributed by atoms with Gasteiger partial charge in [0.1, 0.15) is 5.82 Å². The van der Waals surface area contributed by atoms with Crippen LogP contribution in [0.4, 0.5) is 15.8 Å². The standard InChI is InChI=1S/C16H15FN2O6S/c17-12-4-1-5-13(10-12)18(9-3-8-16(20)21)26(24,25)15-7-2-6-14(11-15)19(22)23/h1-2,4-7,10-11H,3,8-9H2,(H,20,21). The van der Waals surface area contributed by atoms with Crippen LogP contribution in [0.2, 0.25) is 0 Å². The number of hydrogen-bond acceptors (Lipinski definition) is 5. The van der Waals surface area contributed by atoms with Gasteiger partial charge in [0.15, 0.2) is 0 Å². The lowest BCUT2D eigenvalue weighted by Gasteiger charge is -2.24. The van der Waals surface area contributed by atoms with Crippen LogP contribution in [0.1, 0.15) is 12.8 Å². The van der Waals surface area contributed by atoms with E-state index in [9.17, 15) is 27.7 Å². The van der Waals surface area contributed by atoms with Gasteiger partial charge in [-0.3, -0.25) is 19.2 Å². The molecule has 0 aliphatic rings. The Bertz CT molecular complexity index is 932. The predicted molar refractivity (Wildman–Crippen MR) is 90.9 cm³/mol. The van der Waals surface area contributed by atoms with E-state index >= 15 is 0 Å². The summed E-state index contributed by atoms with van der Waals surface area (Å²) < 4.78 is 40.2. The number of rotatable bonds is 8. The van der Waals surface area contributed by atoms with Crippen molar-refractivity contribution in [2.24, 2.45) is 0 Å². The van der Waals surface area contributed by atoms with E-state index < -0.39 is 32.4 Å². The zero-order valence-electron chi connectivity index (χ0n) is 13.4. The molecular weight excluding hydrogens is 367 g/mol. The van der Waals surface area contributed by atoms with Crippen molar-refractivity contribution in [2.45, 2.75) is 17.7 Å². The number of sulfonamides is 1. The Hall–Kier alpha value is -3.01. The maximum absolute atomic E-state index is 13.5. The third-order valence-electron chi connectivity index (χ3n) is 3.46. The van der Waals surface area contributed by atoms with Crippen LogP contribution < -0.4 is 4.31 Å². The Morgan fingerprint density at radius 3 is 2.50 bits per heavy atom. The van der Waals surface area contributed by atoms with Crippen molar-refractivity contribution >= 4 is 27.4 Å². The first-order chi connectivity index (χ1) is 12.2. The molecular formula is C16H15FN2O6S. The largest absolute Gasteiger partial charge is 0.481 e. The van der Waals surface area contributed by atoms with Gasteiger partial charge in [0.2, 0.25) is 0 Å². The molecule has 2 aromatic rings. The van der Waals surface area contributed by atoms with E-state index in [-0.39, 0.29) is 30.0 Å². The molecule has 0 amide bonds. The van der Waals surface area contributed by atoms with Crippen molar-refractivity contribution < 1.29 is 27.6 Å². The summed E-state index contributed by atoms with van der Waals surface area (Å²) in [5.74, 6) is -1.77. The van der Waals surface area contributed by atoms with Crippen LogP contribution in [0.15, 0.2) is 53.4 Å². The van der Waals surface area contributed by atoms with Gasteiger partial charge in [-0.2, -0.15) is 0 Å². The Morgan fingerprint density at radius 1 is 1.19 bits per heavy atom. The number of hydrogen-bond donors (Lipinski definition) is 1. The highest BCUT2D eigenvalue weighted by molar-refractivity contribution is 7.92. The zero-order valence-corrected chi connectivity index (χ0v) is 14.2. The Labute approximate surface area is 148 Å². The third kappa shape index (κ3) is 4.54. The number of nitrogens with zero attached hydrogens (tertiary/aromatic N) is 2. The summed E-state index contributed by atoms with van der Waals surface area (Å²) in [6.07, 6.45) is -0.295. The maximum Gasteiger partial charge on any atom is 0.303 e. The fraction of sp³-hybridized carbons (Fsp3) is 0.188. The van der Waals surface area contributed by atoms with Gasteiger partial charge in [-0.05, 0) is 30.7 Å². The van der Waals surface area contributed by atoms with E-state index in [0.29, 0.717) is 0 Å². The average Bonchev–Trinajstić information content (AvgIpc) is 2.58. The molecule has 10 heteroatoms. The molecule has 2 rings (SSSR count). The number of anilines is 1. The van der Waals surface area contributed by atoms with Gasteiger partial charge in [0, 0.05) is 25.1 Å². The molecule has 0 spiro atoms. The fourth-order valence-electron chi connectivity index (χ4n) is 2.28. The summed E-state index contributed by atoms with van der Waals surface area (Å²) in [6.45, 7) is -0.221. The third-order valence-corrected chi connectivity index (χ3v) is 5.29. The first-order valence-corrected chi connectivity index (χ1v) is 8.90. The number of carbonyl (C=O) groups is 1. The van der Waals surface area contributed by atoms with Gasteiger partial charge in [0.05, 0.1) is 15.5 Å². The molecule has 0 saturated heterocycles. The summed E-state index contributed by atoms with van der Waals surface area (Å²) in [6, 6.07) is 9.28. The predicted octanol–water partition coefficient (Wildman–Crippen LogP) is 2.79. The van der Waals surface area contributed by atoms with Crippen LogP contribution in [-0.2, 0) is 14.8 Å². The molecule has 0 radical (unpaired) electrons. The summed E-state index contributed by atoms with van der Waals surface area (Å²) >= 11 is 0. The molecule has 0 unspecified atom stereocenters. The molecule has 0 saturated carbocycles. The Balaban J connectivity index is 2.46. The second-order valence-electron chi connectivity index (χ2n) is 5.31. The van der Waals surface area contributed by atoms with Crippen molar-refractivity contribution in [2.75, 3.05) is 10.8 Å². The van der Waals surface area contributed by atoms with Crippen molar-refractivity contribution in [1.82, 2.24) is 0 Å². The number of nitro groups is 1. The molecule has 0 aromatic heterocycles. The lowest BCUT2D eigenvalue weighted by atomic mass is 10.2. The Kier molecular flexibility index (Phi) is 5.88. The molecule has 8 nitrogen and oxygen atoms in total. The van der Waals surface area contributed by atoms with Crippen LogP contribution in [0.25, 0.3) is 0 Å². The van der Waals surface area contributed by atoms with Crippen LogP contribution in [0.3, 0.4) is 0 Å². The van der Waals surface area contributed by atoms with Crippen LogP contribution in [-0.4, -0.2) is 31.0 Å². The second-order valence-corrected chi connectivity index (χ2v) is 7.17. The summed E-state index contributed by atoms with van der Waals surface area (Å²) in [4.78, 5) is 20.5. The second kappa shape index (κ2) is 7.91. The quantitative estimate of drug-likeness (QED) is 0.554. The van der Waals surface area contributed by atoms with E-state index in [4.69, 9.17) is 5.11 Å². The highest BCUT2D eigenvalue weighted by Gasteiger charge is 2.26. The molecule has 26 heavy (non-hydrogen) atoms. The summed E-state index contributed by atoms with van der Waals surface area (Å²) in [5, 5.41) is 19.6. The fourth-order valence-corrected chi connectivity index (χ4v) is 3.81. The molecule has 138 valence electrons. The molecule has 0 fully saturated rings. The van der Waals surface area contributed by atoms with Gasteiger partial charge >= 0.3 is 5.97 Å². The summed E-state index contributed by atoms with van der Waals surface area (Å²) in [7, 11) is -4.26. The van der Waals surface area contributed by atoms with Gasteiger partial charge in [-0.1, -0.05) is 12.1 Å². The first kappa shape index (κ1) is 19.3. The minimum Gasteiger partial charge on any atom is -0.481 e. The lowest BCUT2D eigenvalue weighted by molar-refractivity contribution is -0.385. The molecule has 0 aliphatic heterocycles. The van der Waals surface area contributed by atoms with Crippen molar-refractivity contribution in [3.8, 4) is 0 Å². The van der Waals surface area contributed by atoms with Crippen molar-refractivity contribution in [3.63, 3.8) is 0 Å². The van der Waals surface area contributed by atoms with E-state index in [0.717, 1.165) is 28.6 Å². The van der Waals surface area contributed by atoms with Gasteiger partial charge in [-0.15, -0.1) is 0 Å². The first-order valence-electron chi connectivity index (χ1n) is 7.46. The molecule has 1 N–H and O–H groups in total. The number of benzene rings is 2. The van der Waals surface area contributed by atoms with E-state index in [1.807, 2.05) is 0 Å². The lowest BCUT2D eigenvalue weighted by Crippen LogP contribution is -2.32. The summed E-state index contributed by atoms with van der Waals surface area (Å²) in [5.41, 5.74) is -0.405. The maximum atomic E-state index is 13.5. The molecule has 2 aromatic carbocycles. The highest BCUT2D eigenvalue weighted by Crippen LogP contribution is 2.27. The number of aliphatic carboxylic acids is 1. The average molecular weight is 382 g/mol. The Morgan fingerprint density at radius 2 is 1.88 bits per heavy atom. The highest BCUT2D eigenvalue weighted by atomic mass is 32.2. The molecule has 0 bridgehead atoms. The minimum atomic E-state index is -4.26.